The fourth-order valence-corrected chi connectivity index (χ4v) is 3.36. The molecule has 0 atom stereocenters. The van der Waals surface area contributed by atoms with Crippen LogP contribution in [0.5, 0.6) is 5.75 Å². The van der Waals surface area contributed by atoms with Crippen molar-refractivity contribution in [3.8, 4) is 5.75 Å². The lowest BCUT2D eigenvalue weighted by Crippen LogP contribution is -2.07. The van der Waals surface area contributed by atoms with Gasteiger partial charge in [-0.15, -0.1) is 0 Å². The van der Waals surface area contributed by atoms with Crippen molar-refractivity contribution in [2.45, 2.75) is 6.61 Å². The van der Waals surface area contributed by atoms with Gasteiger partial charge in [0, 0.05) is 26.7 Å². The summed E-state index contributed by atoms with van der Waals surface area (Å²) < 4.78 is 5.97. The van der Waals surface area contributed by atoms with Crippen LogP contribution in [0.2, 0.25) is 10.0 Å². The van der Waals surface area contributed by atoms with Gasteiger partial charge in [-0.25, -0.2) is 4.79 Å². The van der Waals surface area contributed by atoms with E-state index in [4.69, 9.17) is 32.8 Å². The summed E-state index contributed by atoms with van der Waals surface area (Å²) in [5.41, 5.74) is 3.21. The van der Waals surface area contributed by atoms with Gasteiger partial charge in [0.1, 0.15) is 18.1 Å². The molecule has 0 aliphatic carbocycles. The van der Waals surface area contributed by atoms with E-state index in [1.165, 1.54) is 0 Å². The quantitative estimate of drug-likeness (QED) is 0.378. The lowest BCUT2D eigenvalue weighted by Gasteiger charge is -2.11. The Labute approximate surface area is 178 Å². The molecule has 4 rings (SSSR count). The Bertz CT molecular complexity index is 1120. The molecule has 0 radical (unpaired) electrons. The summed E-state index contributed by atoms with van der Waals surface area (Å²) in [6.45, 7) is 0.264. The molecule has 0 N–H and O–H groups in total. The molecule has 3 aromatic carbocycles. The molecule has 6 heteroatoms. The van der Waals surface area contributed by atoms with E-state index in [0.717, 1.165) is 16.7 Å². The van der Waals surface area contributed by atoms with E-state index in [0.29, 0.717) is 27.1 Å². The Kier molecular flexibility index (Phi) is 5.65. The van der Waals surface area contributed by atoms with E-state index >= 15 is 0 Å². The van der Waals surface area contributed by atoms with Crippen molar-refractivity contribution in [2.75, 3.05) is 0 Å². The molecule has 1 heterocycles. The molecular formula is C23H15Cl2NO3. The van der Waals surface area contributed by atoms with Crippen LogP contribution in [0.25, 0.3) is 6.08 Å². The number of halogens is 2. The first-order valence-corrected chi connectivity index (χ1v) is 9.60. The minimum atomic E-state index is -0.501. The van der Waals surface area contributed by atoms with Crippen molar-refractivity contribution in [1.82, 2.24) is 0 Å². The summed E-state index contributed by atoms with van der Waals surface area (Å²) >= 11 is 12.2. The Morgan fingerprint density at radius 1 is 0.966 bits per heavy atom. The van der Waals surface area contributed by atoms with Crippen LogP contribution in [0.3, 0.4) is 0 Å². The third-order valence-corrected chi connectivity index (χ3v) is 4.95. The van der Waals surface area contributed by atoms with Gasteiger partial charge in [0.05, 0.1) is 5.57 Å². The summed E-state index contributed by atoms with van der Waals surface area (Å²) in [6, 6.07) is 22.1. The Hall–Kier alpha value is -3.08. The molecule has 0 fully saturated rings. The van der Waals surface area contributed by atoms with E-state index in [1.54, 1.807) is 18.2 Å². The maximum atomic E-state index is 12.3. The van der Waals surface area contributed by atoms with Crippen LogP contribution in [0, 0.1) is 0 Å². The van der Waals surface area contributed by atoms with E-state index in [-0.39, 0.29) is 6.61 Å². The van der Waals surface area contributed by atoms with Crippen LogP contribution >= 0.6 is 23.2 Å². The Morgan fingerprint density at radius 2 is 1.72 bits per heavy atom. The molecule has 1 aliphatic rings. The molecular weight excluding hydrogens is 409 g/mol. The summed E-state index contributed by atoms with van der Waals surface area (Å²) in [6.07, 6.45) is 1.72. The number of hydrogen-bond acceptors (Lipinski definition) is 4. The van der Waals surface area contributed by atoms with Gasteiger partial charge in [-0.3, -0.25) is 0 Å². The van der Waals surface area contributed by atoms with Gasteiger partial charge in [-0.1, -0.05) is 83.0 Å². The van der Waals surface area contributed by atoms with E-state index in [2.05, 4.69) is 5.16 Å². The zero-order chi connectivity index (χ0) is 20.2. The number of carbonyl (C=O) groups excluding carboxylic acids is 1. The molecule has 0 saturated carbocycles. The zero-order valence-corrected chi connectivity index (χ0v) is 16.7. The SMILES string of the molecule is O=C1ON=C(c2ccccc2)/C1=C/c1ccccc1OCc1ccc(Cl)cc1Cl. The maximum absolute atomic E-state index is 12.3. The third-order valence-electron chi connectivity index (χ3n) is 4.36. The number of oxime groups is 1. The lowest BCUT2D eigenvalue weighted by atomic mass is 10.0. The number of rotatable bonds is 5. The fourth-order valence-electron chi connectivity index (χ4n) is 2.89. The molecule has 0 unspecified atom stereocenters. The highest BCUT2D eigenvalue weighted by molar-refractivity contribution is 6.35. The molecule has 0 amide bonds. The first kappa shape index (κ1) is 19.2. The van der Waals surface area contributed by atoms with Crippen LogP contribution in [0.4, 0.5) is 0 Å². The summed E-state index contributed by atoms with van der Waals surface area (Å²) in [7, 11) is 0. The molecule has 0 aromatic heterocycles. The van der Waals surface area contributed by atoms with Gasteiger partial charge >= 0.3 is 5.97 Å². The average molecular weight is 424 g/mol. The molecule has 29 heavy (non-hydrogen) atoms. The van der Waals surface area contributed by atoms with Gasteiger partial charge in [-0.2, -0.15) is 0 Å². The number of ether oxygens (including phenoxy) is 1. The topological polar surface area (TPSA) is 47.9 Å². The van der Waals surface area contributed by atoms with Crippen molar-refractivity contribution in [3.05, 3.63) is 105 Å². The molecule has 1 aliphatic heterocycles. The van der Waals surface area contributed by atoms with Gasteiger partial charge in [0.15, 0.2) is 0 Å². The highest BCUT2D eigenvalue weighted by atomic mass is 35.5. The van der Waals surface area contributed by atoms with Crippen LogP contribution in [-0.2, 0) is 16.2 Å². The van der Waals surface area contributed by atoms with Crippen molar-refractivity contribution >= 4 is 41.0 Å². The average Bonchev–Trinajstić information content (AvgIpc) is 3.09. The standard InChI is InChI=1S/C23H15Cl2NO3/c24-18-11-10-17(20(25)13-18)14-28-21-9-5-4-8-16(21)12-19-22(26-29-23(19)27)15-6-2-1-3-7-15/h1-13H,14H2/b19-12-. The second-order valence-electron chi connectivity index (χ2n) is 6.30. The minimum absolute atomic E-state index is 0.264. The monoisotopic (exact) mass is 423 g/mol. The van der Waals surface area contributed by atoms with Gasteiger partial charge in [-0.05, 0) is 24.3 Å². The van der Waals surface area contributed by atoms with Crippen LogP contribution in [-0.4, -0.2) is 11.7 Å². The van der Waals surface area contributed by atoms with Gasteiger partial charge < -0.3 is 9.57 Å². The first-order chi connectivity index (χ1) is 14.1. The van der Waals surface area contributed by atoms with Crippen molar-refractivity contribution in [2.24, 2.45) is 5.16 Å². The van der Waals surface area contributed by atoms with Crippen molar-refractivity contribution in [1.29, 1.82) is 0 Å². The molecule has 0 saturated heterocycles. The van der Waals surface area contributed by atoms with E-state index in [1.807, 2.05) is 60.7 Å². The number of benzene rings is 3. The number of carbonyl (C=O) groups is 1. The van der Waals surface area contributed by atoms with Crippen LogP contribution in [0.1, 0.15) is 16.7 Å². The minimum Gasteiger partial charge on any atom is -0.488 e. The van der Waals surface area contributed by atoms with Crippen LogP contribution in [0.15, 0.2) is 83.5 Å². The largest absolute Gasteiger partial charge is 0.488 e. The molecule has 144 valence electrons. The van der Waals surface area contributed by atoms with Crippen LogP contribution < -0.4 is 4.74 Å². The van der Waals surface area contributed by atoms with Gasteiger partial charge in [0.2, 0.25) is 0 Å². The second-order valence-corrected chi connectivity index (χ2v) is 7.15. The summed E-state index contributed by atoms with van der Waals surface area (Å²) in [5.74, 6) is 0.109. The zero-order valence-electron chi connectivity index (χ0n) is 15.1. The van der Waals surface area contributed by atoms with Crippen molar-refractivity contribution < 1.29 is 14.4 Å². The number of hydrogen-bond donors (Lipinski definition) is 0. The lowest BCUT2D eigenvalue weighted by molar-refractivity contribution is -0.136. The maximum Gasteiger partial charge on any atom is 0.368 e. The third kappa shape index (κ3) is 4.34. The molecule has 3 aromatic rings. The summed E-state index contributed by atoms with van der Waals surface area (Å²) in [5, 5.41) is 5.04. The molecule has 4 nitrogen and oxygen atoms in total. The van der Waals surface area contributed by atoms with E-state index < -0.39 is 5.97 Å². The Morgan fingerprint density at radius 3 is 2.52 bits per heavy atom. The fraction of sp³-hybridized carbons (Fsp3) is 0.0435. The number of para-hydroxylation sites is 1. The number of nitrogens with zero attached hydrogens (tertiary/aromatic N) is 1. The Balaban J connectivity index is 1.62. The van der Waals surface area contributed by atoms with E-state index in [9.17, 15) is 4.79 Å². The predicted molar refractivity (Wildman–Crippen MR) is 114 cm³/mol. The summed E-state index contributed by atoms with van der Waals surface area (Å²) in [4.78, 5) is 17.2. The first-order valence-electron chi connectivity index (χ1n) is 8.84. The highest BCUT2D eigenvalue weighted by Gasteiger charge is 2.27. The highest BCUT2D eigenvalue weighted by Crippen LogP contribution is 2.28. The van der Waals surface area contributed by atoms with Gasteiger partial charge in [0.25, 0.3) is 0 Å². The molecule has 0 spiro atoms. The normalized spacial score (nSPS) is 14.6. The van der Waals surface area contributed by atoms with Crippen molar-refractivity contribution in [3.63, 3.8) is 0 Å². The second kappa shape index (κ2) is 8.52. The smallest absolute Gasteiger partial charge is 0.368 e. The molecule has 0 bridgehead atoms. The predicted octanol–water partition coefficient (Wildman–Crippen LogP) is 5.92.